The van der Waals surface area contributed by atoms with Crippen molar-refractivity contribution in [1.29, 1.82) is 0 Å². The molecule has 0 bridgehead atoms. The first-order valence-electron chi connectivity index (χ1n) is 7.08. The molecule has 6 nitrogen and oxygen atoms in total. The van der Waals surface area contributed by atoms with Gasteiger partial charge in [0.05, 0.1) is 18.1 Å². The summed E-state index contributed by atoms with van der Waals surface area (Å²) in [6, 6.07) is 4.72. The molecule has 1 rings (SSSR count). The van der Waals surface area contributed by atoms with E-state index in [0.717, 1.165) is 6.42 Å². The third-order valence-corrected chi connectivity index (χ3v) is 4.23. The summed E-state index contributed by atoms with van der Waals surface area (Å²) in [7, 11) is -3.55. The van der Waals surface area contributed by atoms with Crippen LogP contribution in [-0.4, -0.2) is 34.8 Å². The van der Waals surface area contributed by atoms with Gasteiger partial charge < -0.3 is 15.2 Å². The van der Waals surface area contributed by atoms with E-state index in [1.54, 1.807) is 12.1 Å². The van der Waals surface area contributed by atoms with E-state index in [2.05, 4.69) is 4.72 Å². The average Bonchev–Trinajstić information content (AvgIpc) is 2.49. The Morgan fingerprint density at radius 3 is 2.62 bits per heavy atom. The molecule has 0 aliphatic heterocycles. The molecule has 0 aliphatic carbocycles. The lowest BCUT2D eigenvalue weighted by Gasteiger charge is -2.12. The van der Waals surface area contributed by atoms with E-state index in [1.165, 1.54) is 6.07 Å². The topological polar surface area (TPSA) is 90.7 Å². The number of nitrogens with one attached hydrogen (secondary N) is 1. The van der Waals surface area contributed by atoms with Gasteiger partial charge in [0.1, 0.15) is 5.75 Å². The van der Waals surface area contributed by atoms with Crippen LogP contribution < -0.4 is 15.2 Å². The maximum Gasteiger partial charge on any atom is 0.240 e. The molecule has 0 aliphatic rings. The second kappa shape index (κ2) is 8.99. The normalized spacial score (nSPS) is 11.6. The van der Waals surface area contributed by atoms with Crippen molar-refractivity contribution >= 4 is 10.0 Å². The lowest BCUT2D eigenvalue weighted by atomic mass is 10.2. The molecule has 0 heterocycles. The first-order valence-corrected chi connectivity index (χ1v) is 8.56. The molecule has 0 amide bonds. The van der Waals surface area contributed by atoms with Crippen LogP contribution in [0.15, 0.2) is 23.1 Å². The highest BCUT2D eigenvalue weighted by Crippen LogP contribution is 2.22. The van der Waals surface area contributed by atoms with E-state index in [-0.39, 0.29) is 18.0 Å². The minimum atomic E-state index is -3.55. The Morgan fingerprint density at radius 2 is 2.00 bits per heavy atom. The molecule has 1 aromatic carbocycles. The molecule has 7 heteroatoms. The molecule has 0 atom stereocenters. The number of sulfonamides is 1. The largest absolute Gasteiger partial charge is 0.493 e. The Morgan fingerprint density at radius 1 is 1.24 bits per heavy atom. The molecule has 0 saturated heterocycles. The van der Waals surface area contributed by atoms with Gasteiger partial charge in [-0.25, -0.2) is 13.1 Å². The lowest BCUT2D eigenvalue weighted by molar-refractivity contribution is 0.153. The first kappa shape index (κ1) is 17.9. The summed E-state index contributed by atoms with van der Waals surface area (Å²) in [5.74, 6) is 0.632. The SMILES string of the molecule is CCCOc1ccc(S(=O)(=O)NCCOCC)cc1CN. The van der Waals surface area contributed by atoms with Crippen molar-refractivity contribution in [3.63, 3.8) is 0 Å². The van der Waals surface area contributed by atoms with Crippen LogP contribution in [0.5, 0.6) is 5.75 Å². The molecule has 3 N–H and O–H groups in total. The zero-order valence-corrected chi connectivity index (χ0v) is 13.4. The van der Waals surface area contributed by atoms with Gasteiger partial charge >= 0.3 is 0 Å². The number of rotatable bonds is 10. The molecule has 0 radical (unpaired) electrons. The third kappa shape index (κ3) is 5.62. The fraction of sp³-hybridized carbons (Fsp3) is 0.571. The molecule has 21 heavy (non-hydrogen) atoms. The summed E-state index contributed by atoms with van der Waals surface area (Å²) in [6.45, 7) is 5.80. The van der Waals surface area contributed by atoms with Crippen LogP contribution in [0.3, 0.4) is 0 Å². The zero-order valence-electron chi connectivity index (χ0n) is 12.6. The van der Waals surface area contributed by atoms with Gasteiger partial charge in [-0.3, -0.25) is 0 Å². The summed E-state index contributed by atoms with van der Waals surface area (Å²) in [5.41, 5.74) is 6.34. The maximum atomic E-state index is 12.1. The average molecular weight is 316 g/mol. The molecule has 0 fully saturated rings. The number of ether oxygens (including phenoxy) is 2. The third-order valence-electron chi connectivity index (χ3n) is 2.77. The van der Waals surface area contributed by atoms with E-state index < -0.39 is 10.0 Å². The highest BCUT2D eigenvalue weighted by molar-refractivity contribution is 7.89. The summed E-state index contributed by atoms with van der Waals surface area (Å²) < 4.78 is 37.4. The predicted octanol–water partition coefficient (Wildman–Crippen LogP) is 1.25. The molecular formula is C14H24N2O4S. The molecule has 0 unspecified atom stereocenters. The summed E-state index contributed by atoms with van der Waals surface area (Å²) in [4.78, 5) is 0.184. The Bertz CT molecular complexity index is 532. The number of hydrogen-bond donors (Lipinski definition) is 2. The van der Waals surface area contributed by atoms with Crippen LogP contribution in [0, 0.1) is 0 Å². The fourth-order valence-corrected chi connectivity index (χ4v) is 2.77. The molecule has 0 saturated carbocycles. The summed E-state index contributed by atoms with van der Waals surface area (Å²) in [6.07, 6.45) is 0.878. The van der Waals surface area contributed by atoms with Crippen LogP contribution in [0.1, 0.15) is 25.8 Å². The molecule has 0 spiro atoms. The Balaban J connectivity index is 2.82. The Labute approximate surface area is 126 Å². The van der Waals surface area contributed by atoms with Gasteiger partial charge in [0.15, 0.2) is 0 Å². The van der Waals surface area contributed by atoms with Gasteiger partial charge in [-0.2, -0.15) is 0 Å². The van der Waals surface area contributed by atoms with Crippen molar-refractivity contribution in [1.82, 2.24) is 4.72 Å². The maximum absolute atomic E-state index is 12.1. The lowest BCUT2D eigenvalue weighted by Crippen LogP contribution is -2.27. The van der Waals surface area contributed by atoms with Gasteiger partial charge in [-0.15, -0.1) is 0 Å². The predicted molar refractivity (Wildman–Crippen MR) is 81.8 cm³/mol. The highest BCUT2D eigenvalue weighted by Gasteiger charge is 2.15. The van der Waals surface area contributed by atoms with Crippen LogP contribution in [0.25, 0.3) is 0 Å². The monoisotopic (exact) mass is 316 g/mol. The molecular weight excluding hydrogens is 292 g/mol. The van der Waals surface area contributed by atoms with Gasteiger partial charge in [0.25, 0.3) is 0 Å². The van der Waals surface area contributed by atoms with Crippen LogP contribution in [0.4, 0.5) is 0 Å². The minimum Gasteiger partial charge on any atom is -0.493 e. The zero-order chi connectivity index (χ0) is 15.7. The second-order valence-electron chi connectivity index (χ2n) is 4.42. The van der Waals surface area contributed by atoms with E-state index in [1.807, 2.05) is 13.8 Å². The quantitative estimate of drug-likeness (QED) is 0.634. The van der Waals surface area contributed by atoms with E-state index in [4.69, 9.17) is 15.2 Å². The van der Waals surface area contributed by atoms with Gasteiger partial charge in [-0.1, -0.05) is 6.92 Å². The molecule has 120 valence electrons. The number of benzene rings is 1. The van der Waals surface area contributed by atoms with E-state index in [0.29, 0.717) is 31.1 Å². The summed E-state index contributed by atoms with van der Waals surface area (Å²) in [5, 5.41) is 0. The van der Waals surface area contributed by atoms with Crippen LogP contribution in [0.2, 0.25) is 0 Å². The van der Waals surface area contributed by atoms with Gasteiger partial charge in [0.2, 0.25) is 10.0 Å². The smallest absolute Gasteiger partial charge is 0.240 e. The molecule has 0 aromatic heterocycles. The van der Waals surface area contributed by atoms with Crippen molar-refractivity contribution in [3.8, 4) is 5.75 Å². The van der Waals surface area contributed by atoms with E-state index in [9.17, 15) is 8.42 Å². The van der Waals surface area contributed by atoms with Crippen molar-refractivity contribution < 1.29 is 17.9 Å². The van der Waals surface area contributed by atoms with Gasteiger partial charge in [-0.05, 0) is 31.5 Å². The summed E-state index contributed by atoms with van der Waals surface area (Å²) >= 11 is 0. The molecule has 1 aromatic rings. The van der Waals surface area contributed by atoms with Gasteiger partial charge in [0, 0.05) is 25.3 Å². The van der Waals surface area contributed by atoms with Crippen molar-refractivity contribution in [2.45, 2.75) is 31.7 Å². The highest BCUT2D eigenvalue weighted by atomic mass is 32.2. The van der Waals surface area contributed by atoms with E-state index >= 15 is 0 Å². The second-order valence-corrected chi connectivity index (χ2v) is 6.18. The Hall–Kier alpha value is -1.15. The standard InChI is InChI=1S/C14H24N2O4S/c1-3-8-20-14-6-5-13(10-12(14)11-15)21(17,18)16-7-9-19-4-2/h5-6,10,16H,3-4,7-9,11,15H2,1-2H3. The minimum absolute atomic E-state index is 0.184. The van der Waals surface area contributed by atoms with Crippen LogP contribution >= 0.6 is 0 Å². The number of hydrogen-bond acceptors (Lipinski definition) is 5. The van der Waals surface area contributed by atoms with Crippen LogP contribution in [-0.2, 0) is 21.3 Å². The Kier molecular flexibility index (Phi) is 7.66. The number of nitrogens with two attached hydrogens (primary N) is 1. The van der Waals surface area contributed by atoms with Crippen molar-refractivity contribution in [2.75, 3.05) is 26.4 Å². The fourth-order valence-electron chi connectivity index (χ4n) is 1.71. The first-order chi connectivity index (χ1) is 10.0. The van der Waals surface area contributed by atoms with Crippen molar-refractivity contribution in [3.05, 3.63) is 23.8 Å². The van der Waals surface area contributed by atoms with Crippen molar-refractivity contribution in [2.24, 2.45) is 5.73 Å².